The lowest BCUT2D eigenvalue weighted by atomic mass is 9.88. The van der Waals surface area contributed by atoms with E-state index >= 15 is 0 Å². The van der Waals surface area contributed by atoms with E-state index in [4.69, 9.17) is 9.47 Å². The van der Waals surface area contributed by atoms with Crippen LogP contribution in [0.4, 0.5) is 0 Å². The van der Waals surface area contributed by atoms with Crippen LogP contribution in [0.25, 0.3) is 0 Å². The molecule has 3 rings (SSSR count). The highest BCUT2D eigenvalue weighted by atomic mass is 16.5. The van der Waals surface area contributed by atoms with Crippen LogP contribution in [0.3, 0.4) is 0 Å². The van der Waals surface area contributed by atoms with Crippen molar-refractivity contribution < 1.29 is 14.6 Å². The van der Waals surface area contributed by atoms with E-state index in [9.17, 15) is 5.11 Å². The molecule has 2 unspecified atom stereocenters. The maximum absolute atomic E-state index is 10.5. The Morgan fingerprint density at radius 2 is 1.88 bits per heavy atom. The minimum Gasteiger partial charge on any atom is -0.493 e. The second-order valence-electron chi connectivity index (χ2n) is 6.96. The molecule has 1 saturated heterocycles. The summed E-state index contributed by atoms with van der Waals surface area (Å²) >= 11 is 0. The Morgan fingerprint density at radius 1 is 1.08 bits per heavy atom. The van der Waals surface area contributed by atoms with Crippen molar-refractivity contribution >= 4 is 0 Å². The van der Waals surface area contributed by atoms with Crippen LogP contribution in [0.15, 0.2) is 48.5 Å². The molecular formula is C22H29NO3. The highest BCUT2D eigenvalue weighted by Gasteiger charge is 2.28. The van der Waals surface area contributed by atoms with Crippen LogP contribution >= 0.6 is 0 Å². The highest BCUT2D eigenvalue weighted by molar-refractivity contribution is 5.43. The molecule has 0 spiro atoms. The van der Waals surface area contributed by atoms with Gasteiger partial charge in [-0.2, -0.15) is 0 Å². The van der Waals surface area contributed by atoms with Gasteiger partial charge in [-0.3, -0.25) is 4.90 Å². The topological polar surface area (TPSA) is 41.9 Å². The Hall–Kier alpha value is -2.04. The van der Waals surface area contributed by atoms with E-state index in [-0.39, 0.29) is 12.0 Å². The zero-order valence-corrected chi connectivity index (χ0v) is 15.7. The lowest BCUT2D eigenvalue weighted by Gasteiger charge is -2.36. The highest BCUT2D eigenvalue weighted by Crippen LogP contribution is 2.30. The molecule has 1 fully saturated rings. The number of hydrogen-bond donors (Lipinski definition) is 1. The lowest BCUT2D eigenvalue weighted by molar-refractivity contribution is 0.0239. The fourth-order valence-electron chi connectivity index (χ4n) is 3.70. The summed E-state index contributed by atoms with van der Waals surface area (Å²) in [5, 5.41) is 10.5. The molecular weight excluding hydrogens is 326 g/mol. The van der Waals surface area contributed by atoms with Crippen LogP contribution < -0.4 is 9.47 Å². The molecule has 1 heterocycles. The van der Waals surface area contributed by atoms with Crippen LogP contribution in [0, 0.1) is 5.92 Å². The average Bonchev–Trinajstić information content (AvgIpc) is 2.66. The predicted molar refractivity (Wildman–Crippen MR) is 104 cm³/mol. The van der Waals surface area contributed by atoms with Crippen molar-refractivity contribution in [2.45, 2.75) is 32.4 Å². The van der Waals surface area contributed by atoms with Crippen molar-refractivity contribution in [3.8, 4) is 11.5 Å². The molecule has 4 nitrogen and oxygen atoms in total. The summed E-state index contributed by atoms with van der Waals surface area (Å²) in [4.78, 5) is 2.44. The number of aliphatic hydroxyl groups excluding tert-OH is 1. The van der Waals surface area contributed by atoms with Gasteiger partial charge < -0.3 is 14.6 Å². The molecule has 4 heteroatoms. The van der Waals surface area contributed by atoms with Gasteiger partial charge >= 0.3 is 0 Å². The maximum atomic E-state index is 10.5. The van der Waals surface area contributed by atoms with Gasteiger partial charge in [-0.1, -0.05) is 36.4 Å². The zero-order valence-electron chi connectivity index (χ0n) is 15.7. The third-order valence-corrected chi connectivity index (χ3v) is 5.05. The van der Waals surface area contributed by atoms with Gasteiger partial charge in [0, 0.05) is 25.6 Å². The van der Waals surface area contributed by atoms with E-state index in [1.54, 1.807) is 7.11 Å². The van der Waals surface area contributed by atoms with Gasteiger partial charge in [-0.05, 0) is 43.0 Å². The van der Waals surface area contributed by atoms with Crippen LogP contribution in [-0.4, -0.2) is 42.9 Å². The fraction of sp³-hybridized carbons (Fsp3) is 0.455. The second kappa shape index (κ2) is 9.06. The summed E-state index contributed by atoms with van der Waals surface area (Å²) in [5.41, 5.74) is 2.51. The standard InChI is InChI=1S/C22H29NO3/c1-3-26-22-14-18(9-10-21(22)25-2)13-19-16-23(12-11-20(19)24)15-17-7-5-4-6-8-17/h4-10,14,19-20,24H,3,11-13,15-16H2,1-2H3. The predicted octanol–water partition coefficient (Wildman–Crippen LogP) is 3.52. The minimum atomic E-state index is -0.250. The van der Waals surface area contributed by atoms with E-state index in [1.807, 2.05) is 25.1 Å². The van der Waals surface area contributed by atoms with Gasteiger partial charge in [0.05, 0.1) is 19.8 Å². The summed E-state index contributed by atoms with van der Waals surface area (Å²) in [6.45, 7) is 5.37. The van der Waals surface area contributed by atoms with Gasteiger partial charge in [0.1, 0.15) is 0 Å². The van der Waals surface area contributed by atoms with Gasteiger partial charge in [-0.25, -0.2) is 0 Å². The third kappa shape index (κ3) is 4.77. The average molecular weight is 355 g/mol. The summed E-state index contributed by atoms with van der Waals surface area (Å²) in [5.74, 6) is 1.76. The van der Waals surface area contributed by atoms with Gasteiger partial charge in [0.25, 0.3) is 0 Å². The first kappa shape index (κ1) is 18.7. The molecule has 0 amide bonds. The number of benzene rings is 2. The molecule has 140 valence electrons. The molecule has 2 atom stereocenters. The fourth-order valence-corrected chi connectivity index (χ4v) is 3.70. The van der Waals surface area contributed by atoms with Gasteiger partial charge in [-0.15, -0.1) is 0 Å². The molecule has 1 aliphatic rings. The molecule has 1 aliphatic heterocycles. The summed E-state index contributed by atoms with van der Waals surface area (Å²) in [6.07, 6.45) is 1.42. The number of piperidine rings is 1. The Balaban J connectivity index is 1.66. The number of ether oxygens (including phenoxy) is 2. The first-order valence-corrected chi connectivity index (χ1v) is 9.43. The molecule has 0 aliphatic carbocycles. The van der Waals surface area contributed by atoms with Crippen LogP contribution in [0.2, 0.25) is 0 Å². The molecule has 1 N–H and O–H groups in total. The minimum absolute atomic E-state index is 0.232. The third-order valence-electron chi connectivity index (χ3n) is 5.05. The molecule has 0 radical (unpaired) electrons. The van der Waals surface area contributed by atoms with Crippen molar-refractivity contribution in [3.63, 3.8) is 0 Å². The van der Waals surface area contributed by atoms with E-state index in [0.29, 0.717) is 6.61 Å². The van der Waals surface area contributed by atoms with Crippen LogP contribution in [0.1, 0.15) is 24.5 Å². The molecule has 2 aromatic rings. The molecule has 0 aromatic heterocycles. The lowest BCUT2D eigenvalue weighted by Crippen LogP contribution is -2.43. The van der Waals surface area contributed by atoms with Crippen LogP contribution in [0.5, 0.6) is 11.5 Å². The molecule has 2 aromatic carbocycles. The maximum Gasteiger partial charge on any atom is 0.161 e. The quantitative estimate of drug-likeness (QED) is 0.825. The number of aliphatic hydroxyl groups is 1. The van der Waals surface area contributed by atoms with E-state index in [1.165, 1.54) is 11.1 Å². The SMILES string of the molecule is CCOc1cc(CC2CN(Cc3ccccc3)CCC2O)ccc1OC. The number of nitrogens with zero attached hydrogens (tertiary/aromatic N) is 1. The molecule has 0 saturated carbocycles. The van der Waals surface area contributed by atoms with Crippen molar-refractivity contribution in [3.05, 3.63) is 59.7 Å². The van der Waals surface area contributed by atoms with Crippen molar-refractivity contribution in [2.75, 3.05) is 26.8 Å². The Bertz CT molecular complexity index is 689. The van der Waals surface area contributed by atoms with E-state index < -0.39 is 0 Å². The van der Waals surface area contributed by atoms with Crippen LogP contribution in [-0.2, 0) is 13.0 Å². The first-order chi connectivity index (χ1) is 12.7. The van der Waals surface area contributed by atoms with E-state index in [2.05, 4.69) is 35.2 Å². The molecule has 0 bridgehead atoms. The summed E-state index contributed by atoms with van der Waals surface area (Å²) in [6, 6.07) is 16.6. The summed E-state index contributed by atoms with van der Waals surface area (Å²) < 4.78 is 11.1. The Labute approximate surface area is 156 Å². The summed E-state index contributed by atoms with van der Waals surface area (Å²) in [7, 11) is 1.66. The van der Waals surface area contributed by atoms with Crippen molar-refractivity contribution in [1.29, 1.82) is 0 Å². The number of rotatable bonds is 7. The van der Waals surface area contributed by atoms with Gasteiger partial charge in [0.2, 0.25) is 0 Å². The Kier molecular flexibility index (Phi) is 6.53. The number of methoxy groups -OCH3 is 1. The number of hydrogen-bond acceptors (Lipinski definition) is 4. The number of likely N-dealkylation sites (tertiary alicyclic amines) is 1. The Morgan fingerprint density at radius 3 is 2.62 bits per heavy atom. The van der Waals surface area contributed by atoms with Crippen molar-refractivity contribution in [1.82, 2.24) is 4.90 Å². The monoisotopic (exact) mass is 355 g/mol. The largest absolute Gasteiger partial charge is 0.493 e. The molecule has 26 heavy (non-hydrogen) atoms. The van der Waals surface area contributed by atoms with E-state index in [0.717, 1.165) is 44.0 Å². The zero-order chi connectivity index (χ0) is 18.4. The first-order valence-electron chi connectivity index (χ1n) is 9.43. The normalized spacial score (nSPS) is 20.7. The second-order valence-corrected chi connectivity index (χ2v) is 6.96. The smallest absolute Gasteiger partial charge is 0.161 e. The van der Waals surface area contributed by atoms with Gasteiger partial charge in [0.15, 0.2) is 11.5 Å². The van der Waals surface area contributed by atoms with Crippen molar-refractivity contribution in [2.24, 2.45) is 5.92 Å².